The monoisotopic (exact) mass is 272 g/mol. The number of carboxylic acids is 1. The Hall–Kier alpha value is -1.30. The molecule has 0 radical (unpaired) electrons. The number of carboxylic acid groups (broad SMARTS) is 1. The Bertz CT molecular complexity index is 328. The van der Waals surface area contributed by atoms with Gasteiger partial charge in [-0.05, 0) is 53.1 Å². The predicted molar refractivity (Wildman–Crippen MR) is 71.1 cm³/mol. The molecule has 1 aliphatic heterocycles. The molecule has 0 saturated carbocycles. The summed E-state index contributed by atoms with van der Waals surface area (Å²) in [5, 5.41) is 15.0. The average molecular weight is 272 g/mol. The van der Waals surface area contributed by atoms with Crippen LogP contribution in [-0.4, -0.2) is 41.4 Å². The third-order valence-electron chi connectivity index (χ3n) is 3.04. The van der Waals surface area contributed by atoms with E-state index in [1.165, 1.54) is 0 Å². The zero-order valence-electron chi connectivity index (χ0n) is 11.9. The van der Waals surface area contributed by atoms with Crippen LogP contribution >= 0.6 is 0 Å². The molecule has 110 valence electrons. The van der Waals surface area contributed by atoms with Crippen LogP contribution in [0.5, 0.6) is 0 Å². The molecule has 1 unspecified atom stereocenters. The van der Waals surface area contributed by atoms with Crippen LogP contribution in [0.15, 0.2) is 0 Å². The van der Waals surface area contributed by atoms with Crippen LogP contribution < -0.4 is 10.6 Å². The topological polar surface area (TPSA) is 87.7 Å². The molecule has 1 fully saturated rings. The van der Waals surface area contributed by atoms with Gasteiger partial charge in [-0.15, -0.1) is 0 Å². The lowest BCUT2D eigenvalue weighted by Gasteiger charge is -2.33. The maximum Gasteiger partial charge on any atom is 0.408 e. The molecular formula is C13H24N2O4. The molecule has 0 aromatic carbocycles. The quantitative estimate of drug-likeness (QED) is 0.724. The molecule has 0 aromatic heterocycles. The summed E-state index contributed by atoms with van der Waals surface area (Å²) in [6.45, 7) is 6.89. The van der Waals surface area contributed by atoms with Crippen LogP contribution in [0.25, 0.3) is 0 Å². The number of alkyl carbamates (subject to hydrolysis) is 1. The zero-order chi connectivity index (χ0) is 14.5. The lowest BCUT2D eigenvalue weighted by Crippen LogP contribution is -2.51. The van der Waals surface area contributed by atoms with Crippen molar-refractivity contribution in [3.63, 3.8) is 0 Å². The molecule has 1 aliphatic rings. The normalized spacial score (nSPS) is 24.4. The second-order valence-corrected chi connectivity index (χ2v) is 6.08. The van der Waals surface area contributed by atoms with Crippen molar-refractivity contribution in [2.45, 2.75) is 57.6 Å². The predicted octanol–water partition coefficient (Wildman–Crippen LogP) is 1.50. The van der Waals surface area contributed by atoms with E-state index in [1.807, 2.05) is 0 Å². The van der Waals surface area contributed by atoms with Gasteiger partial charge in [0.15, 0.2) is 0 Å². The van der Waals surface area contributed by atoms with Crippen LogP contribution in [0.3, 0.4) is 0 Å². The summed E-state index contributed by atoms with van der Waals surface area (Å²) in [5.74, 6) is -0.905. The fourth-order valence-corrected chi connectivity index (χ4v) is 2.29. The van der Waals surface area contributed by atoms with Crippen molar-refractivity contribution in [2.24, 2.45) is 0 Å². The van der Waals surface area contributed by atoms with E-state index in [4.69, 9.17) is 9.84 Å². The van der Waals surface area contributed by atoms with Crippen LogP contribution in [0.2, 0.25) is 0 Å². The van der Waals surface area contributed by atoms with E-state index in [0.29, 0.717) is 19.4 Å². The van der Waals surface area contributed by atoms with Crippen molar-refractivity contribution in [2.75, 3.05) is 13.1 Å². The Balaban J connectivity index is 2.73. The van der Waals surface area contributed by atoms with Gasteiger partial charge in [0, 0.05) is 0 Å². The maximum atomic E-state index is 11.9. The van der Waals surface area contributed by atoms with Gasteiger partial charge < -0.3 is 20.5 Å². The summed E-state index contributed by atoms with van der Waals surface area (Å²) >= 11 is 0. The van der Waals surface area contributed by atoms with Crippen molar-refractivity contribution in [3.05, 3.63) is 0 Å². The highest BCUT2D eigenvalue weighted by Gasteiger charge is 2.36. The molecule has 3 N–H and O–H groups in total. The molecule has 1 amide bonds. The Labute approximate surface area is 113 Å². The Morgan fingerprint density at radius 3 is 2.58 bits per heavy atom. The molecule has 6 heteroatoms. The second kappa shape index (κ2) is 6.23. The minimum atomic E-state index is -0.905. The highest BCUT2D eigenvalue weighted by atomic mass is 16.6. The third kappa shape index (κ3) is 5.92. The van der Waals surface area contributed by atoms with Gasteiger partial charge in [0.25, 0.3) is 0 Å². The molecule has 0 aromatic rings. The van der Waals surface area contributed by atoms with Gasteiger partial charge in [0.1, 0.15) is 5.60 Å². The van der Waals surface area contributed by atoms with E-state index in [1.54, 1.807) is 20.8 Å². The number of aliphatic carboxylic acids is 1. The zero-order valence-corrected chi connectivity index (χ0v) is 11.9. The Morgan fingerprint density at radius 2 is 2.00 bits per heavy atom. The minimum absolute atomic E-state index is 0.0755. The lowest BCUT2D eigenvalue weighted by atomic mass is 9.87. The molecule has 0 bridgehead atoms. The molecule has 1 saturated heterocycles. The van der Waals surface area contributed by atoms with E-state index in [2.05, 4.69) is 10.6 Å². The molecule has 6 nitrogen and oxygen atoms in total. The van der Waals surface area contributed by atoms with Crippen LogP contribution in [0, 0.1) is 0 Å². The van der Waals surface area contributed by atoms with Gasteiger partial charge in [-0.2, -0.15) is 0 Å². The van der Waals surface area contributed by atoms with Crippen molar-refractivity contribution >= 4 is 12.1 Å². The molecule has 0 aliphatic carbocycles. The summed E-state index contributed by atoms with van der Waals surface area (Å²) < 4.78 is 5.22. The SMILES string of the molecule is CC(C)(C)OC(=O)NC1(CC(=O)O)CCCNCC1. The lowest BCUT2D eigenvalue weighted by molar-refractivity contribution is -0.138. The Morgan fingerprint density at radius 1 is 1.32 bits per heavy atom. The van der Waals surface area contributed by atoms with Gasteiger partial charge >= 0.3 is 12.1 Å². The summed E-state index contributed by atoms with van der Waals surface area (Å²) in [6.07, 6.45) is 1.46. The number of carbonyl (C=O) groups is 2. The van der Waals surface area contributed by atoms with Gasteiger partial charge in [-0.25, -0.2) is 4.79 Å². The smallest absolute Gasteiger partial charge is 0.408 e. The maximum absolute atomic E-state index is 11.9. The van der Waals surface area contributed by atoms with Crippen LogP contribution in [0.1, 0.15) is 46.5 Å². The third-order valence-corrected chi connectivity index (χ3v) is 3.04. The molecule has 1 rings (SSSR count). The first-order valence-corrected chi connectivity index (χ1v) is 6.66. The standard InChI is InChI=1S/C13H24N2O4/c1-12(2,3)19-11(18)15-13(9-10(16)17)5-4-7-14-8-6-13/h14H,4-9H2,1-3H3,(H,15,18)(H,16,17). The van der Waals surface area contributed by atoms with E-state index in [0.717, 1.165) is 13.0 Å². The first kappa shape index (κ1) is 15.8. The van der Waals surface area contributed by atoms with Gasteiger partial charge in [0.2, 0.25) is 0 Å². The molecule has 1 atom stereocenters. The summed E-state index contributed by atoms with van der Waals surface area (Å²) in [5.41, 5.74) is -1.30. The van der Waals surface area contributed by atoms with Crippen molar-refractivity contribution in [1.82, 2.24) is 10.6 Å². The van der Waals surface area contributed by atoms with Crippen LogP contribution in [-0.2, 0) is 9.53 Å². The molecular weight excluding hydrogens is 248 g/mol. The summed E-state index contributed by atoms with van der Waals surface area (Å²) in [7, 11) is 0. The number of hydrogen-bond donors (Lipinski definition) is 3. The van der Waals surface area contributed by atoms with Crippen molar-refractivity contribution in [3.8, 4) is 0 Å². The fraction of sp³-hybridized carbons (Fsp3) is 0.846. The van der Waals surface area contributed by atoms with Crippen molar-refractivity contribution in [1.29, 1.82) is 0 Å². The number of rotatable bonds is 3. The number of carbonyl (C=O) groups excluding carboxylic acids is 1. The largest absolute Gasteiger partial charge is 0.481 e. The van der Waals surface area contributed by atoms with Crippen LogP contribution in [0.4, 0.5) is 4.79 Å². The highest BCUT2D eigenvalue weighted by molar-refractivity contribution is 5.73. The molecule has 19 heavy (non-hydrogen) atoms. The molecule has 0 spiro atoms. The first-order chi connectivity index (χ1) is 8.72. The minimum Gasteiger partial charge on any atom is -0.481 e. The number of nitrogens with one attached hydrogen (secondary N) is 2. The van der Waals surface area contributed by atoms with E-state index in [-0.39, 0.29) is 6.42 Å². The average Bonchev–Trinajstić information content (AvgIpc) is 2.39. The van der Waals surface area contributed by atoms with Crippen molar-refractivity contribution < 1.29 is 19.4 Å². The number of ether oxygens (including phenoxy) is 1. The number of hydrogen-bond acceptors (Lipinski definition) is 4. The van der Waals surface area contributed by atoms with E-state index in [9.17, 15) is 9.59 Å². The van der Waals surface area contributed by atoms with E-state index < -0.39 is 23.2 Å². The Kier molecular flexibility index (Phi) is 5.17. The van der Waals surface area contributed by atoms with Gasteiger partial charge in [-0.1, -0.05) is 0 Å². The van der Waals surface area contributed by atoms with Gasteiger partial charge in [0.05, 0.1) is 12.0 Å². The fourth-order valence-electron chi connectivity index (χ4n) is 2.29. The van der Waals surface area contributed by atoms with E-state index >= 15 is 0 Å². The second-order valence-electron chi connectivity index (χ2n) is 6.08. The first-order valence-electron chi connectivity index (χ1n) is 6.66. The number of amides is 1. The summed E-state index contributed by atoms with van der Waals surface area (Å²) in [6, 6.07) is 0. The molecule has 1 heterocycles. The highest BCUT2D eigenvalue weighted by Crippen LogP contribution is 2.24. The summed E-state index contributed by atoms with van der Waals surface area (Å²) in [4.78, 5) is 22.9. The van der Waals surface area contributed by atoms with Gasteiger partial charge in [-0.3, -0.25) is 4.79 Å².